The van der Waals surface area contributed by atoms with Crippen LogP contribution in [0.4, 0.5) is 14.5 Å². The average Bonchev–Trinajstić information content (AvgIpc) is 2.69. The smallest absolute Gasteiger partial charge is 0.313 e. The van der Waals surface area contributed by atoms with Crippen molar-refractivity contribution in [1.82, 2.24) is 10.2 Å². The number of nitrogens with zero attached hydrogens (tertiary/aromatic N) is 1. The van der Waals surface area contributed by atoms with Crippen LogP contribution in [-0.2, 0) is 14.3 Å². The number of hydrogen-bond acceptors (Lipinski definition) is 4. The van der Waals surface area contributed by atoms with Gasteiger partial charge in [-0.1, -0.05) is 0 Å². The molecule has 0 bridgehead atoms. The molecule has 2 aliphatic rings. The molecule has 1 aromatic carbocycles. The summed E-state index contributed by atoms with van der Waals surface area (Å²) >= 11 is 0. The first-order chi connectivity index (χ1) is 13.0. The predicted octanol–water partition coefficient (Wildman–Crippen LogP) is 1.91. The number of halogens is 2. The average molecular weight is 381 g/mol. The Morgan fingerprint density at radius 3 is 2.44 bits per heavy atom. The van der Waals surface area contributed by atoms with E-state index < -0.39 is 23.4 Å². The van der Waals surface area contributed by atoms with Gasteiger partial charge >= 0.3 is 11.8 Å². The summed E-state index contributed by atoms with van der Waals surface area (Å²) in [5, 5.41) is 4.77. The van der Waals surface area contributed by atoms with Crippen molar-refractivity contribution >= 4 is 17.5 Å². The first kappa shape index (κ1) is 19.7. The predicted molar refractivity (Wildman–Crippen MR) is 96.1 cm³/mol. The quantitative estimate of drug-likeness (QED) is 0.782. The van der Waals surface area contributed by atoms with Gasteiger partial charge in [0.1, 0.15) is 11.6 Å². The molecule has 0 spiro atoms. The highest BCUT2D eigenvalue weighted by Crippen LogP contribution is 2.22. The molecule has 0 radical (unpaired) electrons. The number of likely N-dealkylation sites (tertiary alicyclic amines) is 1. The second kappa shape index (κ2) is 9.23. The van der Waals surface area contributed by atoms with E-state index in [1.807, 2.05) is 0 Å². The Hall–Kier alpha value is -2.06. The highest BCUT2D eigenvalue weighted by molar-refractivity contribution is 6.39. The molecule has 0 unspecified atom stereocenters. The molecule has 27 heavy (non-hydrogen) atoms. The van der Waals surface area contributed by atoms with Crippen molar-refractivity contribution in [3.05, 3.63) is 29.8 Å². The van der Waals surface area contributed by atoms with E-state index >= 15 is 0 Å². The minimum absolute atomic E-state index is 0.221. The molecule has 2 aliphatic heterocycles. The van der Waals surface area contributed by atoms with Crippen molar-refractivity contribution in [2.24, 2.45) is 5.92 Å². The van der Waals surface area contributed by atoms with Gasteiger partial charge in [0, 0.05) is 31.9 Å². The van der Waals surface area contributed by atoms with E-state index in [4.69, 9.17) is 4.74 Å². The maximum atomic E-state index is 13.5. The van der Waals surface area contributed by atoms with E-state index in [2.05, 4.69) is 15.5 Å². The highest BCUT2D eigenvalue weighted by Gasteiger charge is 2.27. The van der Waals surface area contributed by atoms with Gasteiger partial charge in [-0.05, 0) is 56.8 Å². The zero-order valence-corrected chi connectivity index (χ0v) is 15.2. The minimum Gasteiger partial charge on any atom is -0.381 e. The molecular weight excluding hydrogens is 356 g/mol. The molecule has 1 aromatic rings. The second-order valence-corrected chi connectivity index (χ2v) is 7.11. The van der Waals surface area contributed by atoms with Gasteiger partial charge in [-0.2, -0.15) is 0 Å². The van der Waals surface area contributed by atoms with E-state index in [9.17, 15) is 18.4 Å². The summed E-state index contributed by atoms with van der Waals surface area (Å²) in [6.45, 7) is 4.03. The van der Waals surface area contributed by atoms with Crippen LogP contribution in [0.25, 0.3) is 0 Å². The van der Waals surface area contributed by atoms with E-state index in [1.54, 1.807) is 0 Å². The summed E-state index contributed by atoms with van der Waals surface area (Å²) in [6.07, 6.45) is 4.07. The SMILES string of the molecule is O=C(NCC1CCN(C2CCOCC2)CC1)C(=O)Nc1ccc(F)cc1F. The third kappa shape index (κ3) is 5.46. The highest BCUT2D eigenvalue weighted by atomic mass is 19.1. The van der Waals surface area contributed by atoms with Crippen LogP contribution in [0.15, 0.2) is 18.2 Å². The zero-order chi connectivity index (χ0) is 19.2. The lowest BCUT2D eigenvalue weighted by Crippen LogP contribution is -2.46. The number of benzene rings is 1. The van der Waals surface area contributed by atoms with Gasteiger partial charge in [0.25, 0.3) is 0 Å². The number of nitrogens with one attached hydrogen (secondary N) is 2. The topological polar surface area (TPSA) is 70.7 Å². The third-order valence-electron chi connectivity index (χ3n) is 5.29. The number of amides is 2. The number of carbonyl (C=O) groups excluding carboxylic acids is 2. The lowest BCUT2D eigenvalue weighted by Gasteiger charge is -2.39. The molecule has 6 nitrogen and oxygen atoms in total. The number of carbonyl (C=O) groups is 2. The Labute approximate surface area is 157 Å². The number of anilines is 1. The van der Waals surface area contributed by atoms with Gasteiger partial charge < -0.3 is 20.3 Å². The Bertz CT molecular complexity index is 672. The van der Waals surface area contributed by atoms with Crippen molar-refractivity contribution in [1.29, 1.82) is 0 Å². The molecule has 0 aromatic heterocycles. The van der Waals surface area contributed by atoms with E-state index in [0.29, 0.717) is 24.6 Å². The Kier molecular flexibility index (Phi) is 6.73. The largest absolute Gasteiger partial charge is 0.381 e. The molecule has 8 heteroatoms. The molecule has 2 saturated heterocycles. The monoisotopic (exact) mass is 381 g/mol. The van der Waals surface area contributed by atoms with Crippen LogP contribution >= 0.6 is 0 Å². The molecular formula is C19H25F2N3O3. The van der Waals surface area contributed by atoms with Crippen LogP contribution in [0.1, 0.15) is 25.7 Å². The fraction of sp³-hybridized carbons (Fsp3) is 0.579. The molecule has 148 valence electrons. The molecule has 0 atom stereocenters. The van der Waals surface area contributed by atoms with Crippen molar-refractivity contribution in [2.45, 2.75) is 31.7 Å². The van der Waals surface area contributed by atoms with Gasteiger partial charge in [-0.25, -0.2) is 8.78 Å². The Balaban J connectivity index is 1.39. The minimum atomic E-state index is -0.958. The van der Waals surface area contributed by atoms with E-state index in [-0.39, 0.29) is 5.69 Å². The van der Waals surface area contributed by atoms with Crippen LogP contribution in [0.3, 0.4) is 0 Å². The molecule has 2 fully saturated rings. The van der Waals surface area contributed by atoms with Crippen LogP contribution in [0.2, 0.25) is 0 Å². The molecule has 3 rings (SSSR count). The fourth-order valence-corrected chi connectivity index (χ4v) is 3.66. The number of piperidine rings is 1. The maximum Gasteiger partial charge on any atom is 0.313 e. The maximum absolute atomic E-state index is 13.5. The Morgan fingerprint density at radius 2 is 1.78 bits per heavy atom. The van der Waals surface area contributed by atoms with Gasteiger partial charge in [0.2, 0.25) is 0 Å². The molecule has 2 amide bonds. The van der Waals surface area contributed by atoms with Crippen LogP contribution < -0.4 is 10.6 Å². The molecule has 2 N–H and O–H groups in total. The number of rotatable bonds is 4. The van der Waals surface area contributed by atoms with Gasteiger partial charge in [0.05, 0.1) is 5.69 Å². The number of ether oxygens (including phenoxy) is 1. The van der Waals surface area contributed by atoms with Crippen LogP contribution in [-0.4, -0.2) is 55.6 Å². The van der Waals surface area contributed by atoms with Crippen molar-refractivity contribution in [2.75, 3.05) is 38.2 Å². The summed E-state index contributed by atoms with van der Waals surface area (Å²) in [6, 6.07) is 3.34. The van der Waals surface area contributed by atoms with E-state index in [1.165, 1.54) is 0 Å². The van der Waals surface area contributed by atoms with Crippen molar-refractivity contribution in [3.63, 3.8) is 0 Å². The summed E-state index contributed by atoms with van der Waals surface area (Å²) in [5.41, 5.74) is -0.221. The van der Waals surface area contributed by atoms with E-state index in [0.717, 1.165) is 64.1 Å². The van der Waals surface area contributed by atoms with Crippen molar-refractivity contribution in [3.8, 4) is 0 Å². The first-order valence-corrected chi connectivity index (χ1v) is 9.39. The lowest BCUT2D eigenvalue weighted by molar-refractivity contribution is -0.136. The van der Waals surface area contributed by atoms with Gasteiger partial charge in [-0.3, -0.25) is 9.59 Å². The number of hydrogen-bond donors (Lipinski definition) is 2. The summed E-state index contributed by atoms with van der Waals surface area (Å²) in [7, 11) is 0. The fourth-order valence-electron chi connectivity index (χ4n) is 3.66. The first-order valence-electron chi connectivity index (χ1n) is 9.39. The lowest BCUT2D eigenvalue weighted by atomic mass is 9.94. The van der Waals surface area contributed by atoms with Gasteiger partial charge in [-0.15, -0.1) is 0 Å². The van der Waals surface area contributed by atoms with Crippen LogP contribution in [0, 0.1) is 17.6 Å². The van der Waals surface area contributed by atoms with Crippen LogP contribution in [0.5, 0.6) is 0 Å². The van der Waals surface area contributed by atoms with Crippen molar-refractivity contribution < 1.29 is 23.1 Å². The summed E-state index contributed by atoms with van der Waals surface area (Å²) in [4.78, 5) is 26.3. The molecule has 0 saturated carbocycles. The zero-order valence-electron chi connectivity index (χ0n) is 15.2. The van der Waals surface area contributed by atoms with Gasteiger partial charge in [0.15, 0.2) is 0 Å². The second-order valence-electron chi connectivity index (χ2n) is 7.11. The summed E-state index contributed by atoms with van der Waals surface area (Å²) in [5.74, 6) is -3.12. The third-order valence-corrected chi connectivity index (χ3v) is 5.29. The normalized spacial score (nSPS) is 19.6. The Morgan fingerprint density at radius 1 is 1.07 bits per heavy atom. The molecule has 0 aliphatic carbocycles. The molecule has 2 heterocycles. The standard InChI is InChI=1S/C19H25F2N3O3/c20-14-1-2-17(16(21)11-14)23-19(26)18(25)22-12-13-3-7-24(8-4-13)15-5-9-27-10-6-15/h1-2,11,13,15H,3-10,12H2,(H,22,25)(H,23,26). The summed E-state index contributed by atoms with van der Waals surface area (Å²) < 4.78 is 31.8.